The van der Waals surface area contributed by atoms with Gasteiger partial charge in [-0.1, -0.05) is 76.9 Å². The van der Waals surface area contributed by atoms with Crippen LogP contribution in [0.1, 0.15) is 24.5 Å². The van der Waals surface area contributed by atoms with E-state index in [0.717, 1.165) is 26.3 Å². The maximum Gasteiger partial charge on any atom is 0.243 e. The van der Waals surface area contributed by atoms with Gasteiger partial charge in [0, 0.05) is 36.1 Å². The number of halogens is 2. The smallest absolute Gasteiger partial charge is 0.243 e. The van der Waals surface area contributed by atoms with E-state index in [1.165, 1.54) is 36.2 Å². The fourth-order valence-corrected chi connectivity index (χ4v) is 5.60. The Morgan fingerprint density at radius 3 is 2.26 bits per heavy atom. The van der Waals surface area contributed by atoms with Gasteiger partial charge in [-0.2, -0.15) is 4.31 Å². The Hall–Kier alpha value is -2.72. The van der Waals surface area contributed by atoms with Crippen molar-refractivity contribution in [2.45, 2.75) is 37.2 Å². The SMILES string of the molecule is CCCNC(=O)[C@H](Cc1ccccc1)N(Cc1cccc(Br)c1)C(=O)CN(C)S(=O)(=O)c1ccc(Cl)cc1. The number of benzene rings is 3. The zero-order valence-corrected chi connectivity index (χ0v) is 24.5. The highest BCUT2D eigenvalue weighted by atomic mass is 79.9. The van der Waals surface area contributed by atoms with E-state index in [-0.39, 0.29) is 23.8 Å². The van der Waals surface area contributed by atoms with Gasteiger partial charge in [-0.15, -0.1) is 0 Å². The number of hydrogen-bond donors (Lipinski definition) is 1. The number of carbonyl (C=O) groups excluding carboxylic acids is 2. The van der Waals surface area contributed by atoms with Crippen LogP contribution in [0.25, 0.3) is 0 Å². The predicted octanol–water partition coefficient (Wildman–Crippen LogP) is 4.89. The lowest BCUT2D eigenvalue weighted by Gasteiger charge is -2.32. The molecule has 0 unspecified atom stereocenters. The van der Waals surface area contributed by atoms with Crippen molar-refractivity contribution in [3.63, 3.8) is 0 Å². The van der Waals surface area contributed by atoms with Crippen LogP contribution in [0.3, 0.4) is 0 Å². The third kappa shape index (κ3) is 8.14. The average molecular weight is 621 g/mol. The second-order valence-corrected chi connectivity index (χ2v) is 12.3. The van der Waals surface area contributed by atoms with Gasteiger partial charge in [-0.25, -0.2) is 8.42 Å². The van der Waals surface area contributed by atoms with Gasteiger partial charge in [-0.3, -0.25) is 9.59 Å². The van der Waals surface area contributed by atoms with E-state index in [1.54, 1.807) is 0 Å². The molecule has 3 aromatic rings. The highest BCUT2D eigenvalue weighted by Crippen LogP contribution is 2.20. The molecule has 2 amide bonds. The van der Waals surface area contributed by atoms with Crippen LogP contribution in [-0.2, 0) is 32.6 Å². The Bertz CT molecular complexity index is 1340. The molecule has 0 bridgehead atoms. The summed E-state index contributed by atoms with van der Waals surface area (Å²) < 4.78 is 28.2. The summed E-state index contributed by atoms with van der Waals surface area (Å²) in [6.07, 6.45) is 1.02. The number of rotatable bonds is 12. The fraction of sp³-hybridized carbons (Fsp3) is 0.286. The summed E-state index contributed by atoms with van der Waals surface area (Å²) in [5.74, 6) is -0.778. The van der Waals surface area contributed by atoms with E-state index in [4.69, 9.17) is 11.6 Å². The van der Waals surface area contributed by atoms with Crippen LogP contribution in [0, 0.1) is 0 Å². The minimum absolute atomic E-state index is 0.0252. The molecule has 7 nitrogen and oxygen atoms in total. The Balaban J connectivity index is 1.96. The monoisotopic (exact) mass is 619 g/mol. The van der Waals surface area contributed by atoms with E-state index in [2.05, 4.69) is 21.2 Å². The van der Waals surface area contributed by atoms with Crippen LogP contribution >= 0.6 is 27.5 Å². The van der Waals surface area contributed by atoms with Gasteiger partial charge in [0.05, 0.1) is 11.4 Å². The molecule has 0 saturated carbocycles. The number of sulfonamides is 1. The Labute approximate surface area is 238 Å². The molecule has 0 aliphatic heterocycles. The van der Waals surface area contributed by atoms with Gasteiger partial charge in [-0.05, 0) is 53.9 Å². The highest BCUT2D eigenvalue weighted by Gasteiger charge is 2.33. The van der Waals surface area contributed by atoms with E-state index < -0.39 is 28.5 Å². The van der Waals surface area contributed by atoms with E-state index >= 15 is 0 Å². The van der Waals surface area contributed by atoms with Crippen LogP contribution in [0.5, 0.6) is 0 Å². The highest BCUT2D eigenvalue weighted by molar-refractivity contribution is 9.10. The lowest BCUT2D eigenvalue weighted by atomic mass is 10.0. The predicted molar refractivity (Wildman–Crippen MR) is 153 cm³/mol. The summed E-state index contributed by atoms with van der Waals surface area (Å²) in [6, 6.07) is 21.8. The molecular formula is C28H31BrClN3O4S. The number of nitrogens with one attached hydrogen (secondary N) is 1. The number of amides is 2. The summed E-state index contributed by atoms with van der Waals surface area (Å²) in [4.78, 5) is 28.7. The van der Waals surface area contributed by atoms with E-state index in [9.17, 15) is 18.0 Å². The summed E-state index contributed by atoms with van der Waals surface area (Å²) in [6.45, 7) is 2.11. The standard InChI is InChI=1S/C28H31BrClN3O4S/c1-3-16-31-28(35)26(18-21-8-5-4-6-9-21)33(19-22-10-7-11-23(29)17-22)27(34)20-32(2)38(36,37)25-14-12-24(30)13-15-25/h4-15,17,26H,3,16,18-20H2,1-2H3,(H,31,35)/t26-/m0/s1. The lowest BCUT2D eigenvalue weighted by molar-refractivity contribution is -0.141. The first-order valence-electron chi connectivity index (χ1n) is 12.2. The van der Waals surface area contributed by atoms with Crippen molar-refractivity contribution in [1.29, 1.82) is 0 Å². The molecule has 0 spiro atoms. The zero-order valence-electron chi connectivity index (χ0n) is 21.3. The van der Waals surface area contributed by atoms with E-state index in [0.29, 0.717) is 11.6 Å². The first-order chi connectivity index (χ1) is 18.1. The maximum absolute atomic E-state index is 13.8. The van der Waals surface area contributed by atoms with Gasteiger partial charge >= 0.3 is 0 Å². The molecule has 0 aromatic heterocycles. The number of likely N-dealkylation sites (N-methyl/N-ethyl adjacent to an activating group) is 1. The molecule has 202 valence electrons. The first-order valence-corrected chi connectivity index (χ1v) is 14.8. The molecule has 3 rings (SSSR count). The topological polar surface area (TPSA) is 86.8 Å². The van der Waals surface area contributed by atoms with Gasteiger partial charge in [0.2, 0.25) is 21.8 Å². The van der Waals surface area contributed by atoms with Crippen molar-refractivity contribution in [2.75, 3.05) is 20.1 Å². The van der Waals surface area contributed by atoms with Gasteiger partial charge < -0.3 is 10.2 Å². The lowest BCUT2D eigenvalue weighted by Crippen LogP contribution is -2.53. The largest absolute Gasteiger partial charge is 0.354 e. The van der Waals surface area contributed by atoms with Crippen molar-refractivity contribution >= 4 is 49.4 Å². The van der Waals surface area contributed by atoms with Crippen LogP contribution < -0.4 is 5.32 Å². The van der Waals surface area contributed by atoms with Gasteiger partial charge in [0.1, 0.15) is 6.04 Å². The molecule has 0 heterocycles. The molecule has 1 N–H and O–H groups in total. The molecular weight excluding hydrogens is 590 g/mol. The summed E-state index contributed by atoms with van der Waals surface area (Å²) >= 11 is 9.37. The molecule has 3 aromatic carbocycles. The minimum Gasteiger partial charge on any atom is -0.354 e. The number of hydrogen-bond acceptors (Lipinski definition) is 4. The molecule has 0 fully saturated rings. The second kappa shape index (κ2) is 13.9. The third-order valence-corrected chi connectivity index (χ3v) is 8.50. The normalized spacial score (nSPS) is 12.2. The maximum atomic E-state index is 13.8. The van der Waals surface area contributed by atoms with Crippen molar-refractivity contribution in [1.82, 2.24) is 14.5 Å². The minimum atomic E-state index is -3.96. The van der Waals surface area contributed by atoms with Gasteiger partial charge in [0.25, 0.3) is 0 Å². The zero-order chi connectivity index (χ0) is 27.7. The van der Waals surface area contributed by atoms with Crippen LogP contribution in [0.2, 0.25) is 5.02 Å². The van der Waals surface area contributed by atoms with E-state index in [1.807, 2.05) is 61.5 Å². The van der Waals surface area contributed by atoms with Crippen LogP contribution in [-0.4, -0.2) is 55.6 Å². The molecule has 0 aliphatic rings. The van der Waals surface area contributed by atoms with Crippen molar-refractivity contribution in [3.05, 3.63) is 99.5 Å². The number of carbonyl (C=O) groups is 2. The molecule has 0 saturated heterocycles. The third-order valence-electron chi connectivity index (χ3n) is 5.94. The summed E-state index contributed by atoms with van der Waals surface area (Å²) in [7, 11) is -2.61. The second-order valence-electron chi connectivity index (χ2n) is 8.86. The summed E-state index contributed by atoms with van der Waals surface area (Å²) in [5, 5.41) is 3.32. The van der Waals surface area contributed by atoms with Gasteiger partial charge in [0.15, 0.2) is 0 Å². The first kappa shape index (κ1) is 29.8. The Kier molecular flexibility index (Phi) is 10.9. The van der Waals surface area contributed by atoms with Crippen LogP contribution in [0.15, 0.2) is 88.2 Å². The Morgan fingerprint density at radius 2 is 1.63 bits per heavy atom. The molecule has 1 atom stereocenters. The quantitative estimate of drug-likeness (QED) is 0.313. The average Bonchev–Trinajstić information content (AvgIpc) is 2.90. The van der Waals surface area contributed by atoms with Crippen molar-refractivity contribution < 1.29 is 18.0 Å². The molecule has 38 heavy (non-hydrogen) atoms. The Morgan fingerprint density at radius 1 is 0.974 bits per heavy atom. The molecule has 10 heteroatoms. The fourth-order valence-electron chi connectivity index (χ4n) is 3.90. The number of nitrogens with zero attached hydrogens (tertiary/aromatic N) is 2. The van der Waals surface area contributed by atoms with Crippen molar-refractivity contribution in [2.24, 2.45) is 0 Å². The molecule has 0 aliphatic carbocycles. The van der Waals surface area contributed by atoms with Crippen molar-refractivity contribution in [3.8, 4) is 0 Å². The van der Waals surface area contributed by atoms with Crippen LogP contribution in [0.4, 0.5) is 0 Å². The summed E-state index contributed by atoms with van der Waals surface area (Å²) in [5.41, 5.74) is 1.69. The molecule has 0 radical (unpaired) electrons.